The first-order valence-electron chi connectivity index (χ1n) is 4.60. The molecule has 0 atom stereocenters. The van der Waals surface area contributed by atoms with Crippen LogP contribution in [0.2, 0.25) is 0 Å². The van der Waals surface area contributed by atoms with Crippen LogP contribution in [0, 0.1) is 0 Å². The zero-order valence-corrected chi connectivity index (χ0v) is 8.08. The lowest BCUT2D eigenvalue weighted by molar-refractivity contribution is -0.170. The molecule has 1 fully saturated rings. The first-order chi connectivity index (χ1) is 6.27. The van der Waals surface area contributed by atoms with Gasteiger partial charge in [0.15, 0.2) is 0 Å². The van der Waals surface area contributed by atoms with Crippen molar-refractivity contribution in [3.63, 3.8) is 0 Å². The summed E-state index contributed by atoms with van der Waals surface area (Å²) in [5.41, 5.74) is 0. The molecule has 74 valence electrons. The second kappa shape index (κ2) is 3.55. The van der Waals surface area contributed by atoms with Gasteiger partial charge in [0.25, 0.3) is 0 Å². The lowest BCUT2D eigenvalue weighted by Crippen LogP contribution is -2.44. The molecule has 0 radical (unpaired) electrons. The van der Waals surface area contributed by atoms with Gasteiger partial charge < -0.3 is 14.2 Å². The molecule has 0 N–H and O–H groups in total. The Morgan fingerprint density at radius 1 is 1.08 bits per heavy atom. The summed E-state index contributed by atoms with van der Waals surface area (Å²) < 4.78 is 16.3. The Bertz CT molecular complexity index is 207. The zero-order valence-electron chi connectivity index (χ0n) is 8.08. The van der Waals surface area contributed by atoms with Crippen LogP contribution in [0.3, 0.4) is 0 Å². The van der Waals surface area contributed by atoms with Crippen molar-refractivity contribution in [2.75, 3.05) is 26.3 Å². The summed E-state index contributed by atoms with van der Waals surface area (Å²) in [5.74, 6) is 1.77. The summed E-state index contributed by atoms with van der Waals surface area (Å²) >= 11 is 0. The molecule has 2 aliphatic rings. The van der Waals surface area contributed by atoms with Gasteiger partial charge in [0.2, 0.25) is 0 Å². The molecule has 0 bridgehead atoms. The van der Waals surface area contributed by atoms with E-state index in [0.717, 1.165) is 37.8 Å². The predicted octanol–water partition coefficient (Wildman–Crippen LogP) is 0.900. The second-order valence-electron chi connectivity index (χ2n) is 3.30. The minimum absolute atomic E-state index is 0.219. The second-order valence-corrected chi connectivity index (χ2v) is 3.30. The topological polar surface area (TPSA) is 30.9 Å². The maximum atomic E-state index is 5.54. The van der Waals surface area contributed by atoms with Gasteiger partial charge in [-0.15, -0.1) is 0 Å². The van der Waals surface area contributed by atoms with Crippen LogP contribution in [0.25, 0.3) is 0 Å². The normalized spacial score (nSPS) is 26.0. The molecule has 0 spiro atoms. The average Bonchev–Trinajstić information content (AvgIpc) is 2.49. The fraction of sp³-hybridized carbons (Fsp3) is 0.778. The van der Waals surface area contributed by atoms with Gasteiger partial charge in [-0.25, -0.2) is 4.90 Å². The fourth-order valence-corrected chi connectivity index (χ4v) is 1.43. The van der Waals surface area contributed by atoms with Crippen LogP contribution in [0.5, 0.6) is 0 Å². The highest BCUT2D eigenvalue weighted by Crippen LogP contribution is 2.23. The molecule has 1 saturated heterocycles. The molecule has 2 rings (SSSR count). The van der Waals surface area contributed by atoms with E-state index in [-0.39, 0.29) is 6.41 Å². The smallest absolute Gasteiger partial charge is 0.304 e. The van der Waals surface area contributed by atoms with Crippen molar-refractivity contribution in [3.05, 3.63) is 11.5 Å². The molecule has 4 nitrogen and oxygen atoms in total. The summed E-state index contributed by atoms with van der Waals surface area (Å²) in [5, 5.41) is 0. The van der Waals surface area contributed by atoms with Crippen molar-refractivity contribution >= 4 is 0 Å². The van der Waals surface area contributed by atoms with Crippen LogP contribution < -0.4 is 0 Å². The molecular formula is C9H15NO3. The SMILES string of the molecule is CC1=C(C)OC(N2CCOCC2)O1. The van der Waals surface area contributed by atoms with Crippen molar-refractivity contribution in [3.8, 4) is 0 Å². The molecular weight excluding hydrogens is 170 g/mol. The van der Waals surface area contributed by atoms with Gasteiger partial charge in [-0.2, -0.15) is 0 Å². The highest BCUT2D eigenvalue weighted by molar-refractivity contribution is 4.99. The predicted molar refractivity (Wildman–Crippen MR) is 46.7 cm³/mol. The van der Waals surface area contributed by atoms with Crippen LogP contribution in [-0.4, -0.2) is 37.6 Å². The zero-order chi connectivity index (χ0) is 9.26. The van der Waals surface area contributed by atoms with E-state index in [9.17, 15) is 0 Å². The number of nitrogens with zero attached hydrogens (tertiary/aromatic N) is 1. The minimum atomic E-state index is -0.219. The number of rotatable bonds is 1. The number of hydrogen-bond acceptors (Lipinski definition) is 4. The van der Waals surface area contributed by atoms with Crippen LogP contribution in [-0.2, 0) is 14.2 Å². The Labute approximate surface area is 78.1 Å². The molecule has 2 aliphatic heterocycles. The summed E-state index contributed by atoms with van der Waals surface area (Å²) in [6.45, 7) is 7.14. The van der Waals surface area contributed by atoms with Crippen LogP contribution >= 0.6 is 0 Å². The van der Waals surface area contributed by atoms with Crippen LogP contribution in [0.4, 0.5) is 0 Å². The lowest BCUT2D eigenvalue weighted by atomic mass is 10.4. The molecule has 2 heterocycles. The van der Waals surface area contributed by atoms with Crippen LogP contribution in [0.1, 0.15) is 13.8 Å². The summed E-state index contributed by atoms with van der Waals surface area (Å²) in [4.78, 5) is 2.14. The van der Waals surface area contributed by atoms with Crippen molar-refractivity contribution in [1.29, 1.82) is 0 Å². The van der Waals surface area contributed by atoms with E-state index in [1.807, 2.05) is 13.8 Å². The Balaban J connectivity index is 1.90. The third-order valence-electron chi connectivity index (χ3n) is 2.39. The van der Waals surface area contributed by atoms with Gasteiger partial charge in [0.05, 0.1) is 13.2 Å². The monoisotopic (exact) mass is 185 g/mol. The van der Waals surface area contributed by atoms with Crippen molar-refractivity contribution in [2.24, 2.45) is 0 Å². The van der Waals surface area contributed by atoms with Gasteiger partial charge in [0.1, 0.15) is 11.5 Å². The molecule has 0 amide bonds. The number of ether oxygens (including phenoxy) is 3. The van der Waals surface area contributed by atoms with Gasteiger partial charge in [-0.3, -0.25) is 0 Å². The third-order valence-corrected chi connectivity index (χ3v) is 2.39. The van der Waals surface area contributed by atoms with E-state index in [1.54, 1.807) is 0 Å². The molecule has 0 aromatic heterocycles. The number of hydrogen-bond donors (Lipinski definition) is 0. The van der Waals surface area contributed by atoms with E-state index in [4.69, 9.17) is 14.2 Å². The van der Waals surface area contributed by atoms with Gasteiger partial charge >= 0.3 is 6.41 Å². The quantitative estimate of drug-likeness (QED) is 0.607. The van der Waals surface area contributed by atoms with E-state index >= 15 is 0 Å². The molecule has 0 aliphatic carbocycles. The van der Waals surface area contributed by atoms with Crippen LogP contribution in [0.15, 0.2) is 11.5 Å². The summed E-state index contributed by atoms with van der Waals surface area (Å²) in [7, 11) is 0. The fourth-order valence-electron chi connectivity index (χ4n) is 1.43. The van der Waals surface area contributed by atoms with E-state index < -0.39 is 0 Å². The van der Waals surface area contributed by atoms with E-state index in [1.165, 1.54) is 0 Å². The standard InChI is InChI=1S/C9H15NO3/c1-7-8(2)13-9(12-7)10-3-5-11-6-4-10/h9H,3-6H2,1-2H3. The highest BCUT2D eigenvalue weighted by atomic mass is 16.7. The lowest BCUT2D eigenvalue weighted by Gasteiger charge is -2.30. The van der Waals surface area contributed by atoms with Crippen molar-refractivity contribution < 1.29 is 14.2 Å². The Morgan fingerprint density at radius 3 is 2.15 bits per heavy atom. The molecule has 0 aromatic carbocycles. The van der Waals surface area contributed by atoms with Crippen molar-refractivity contribution in [2.45, 2.75) is 20.3 Å². The Morgan fingerprint density at radius 2 is 1.62 bits per heavy atom. The minimum Gasteiger partial charge on any atom is -0.443 e. The largest absolute Gasteiger partial charge is 0.443 e. The van der Waals surface area contributed by atoms with E-state index in [0.29, 0.717) is 0 Å². The maximum Gasteiger partial charge on any atom is 0.304 e. The first kappa shape index (κ1) is 8.84. The van der Waals surface area contributed by atoms with Crippen molar-refractivity contribution in [1.82, 2.24) is 4.90 Å². The molecule has 0 unspecified atom stereocenters. The summed E-state index contributed by atoms with van der Waals surface area (Å²) in [6, 6.07) is 0. The number of morpholine rings is 1. The van der Waals surface area contributed by atoms with Gasteiger partial charge in [-0.1, -0.05) is 0 Å². The van der Waals surface area contributed by atoms with Gasteiger partial charge in [0, 0.05) is 13.1 Å². The highest BCUT2D eigenvalue weighted by Gasteiger charge is 2.29. The maximum absolute atomic E-state index is 5.54. The van der Waals surface area contributed by atoms with Gasteiger partial charge in [-0.05, 0) is 13.8 Å². The third kappa shape index (κ3) is 1.78. The average molecular weight is 185 g/mol. The first-order valence-corrected chi connectivity index (χ1v) is 4.60. The molecule has 0 aromatic rings. The molecule has 0 saturated carbocycles. The Kier molecular flexibility index (Phi) is 2.42. The summed E-state index contributed by atoms with van der Waals surface area (Å²) in [6.07, 6.45) is -0.219. The number of allylic oxidation sites excluding steroid dienone is 2. The molecule has 13 heavy (non-hydrogen) atoms. The van der Waals surface area contributed by atoms with E-state index in [2.05, 4.69) is 4.90 Å². The Hall–Kier alpha value is -0.740. The molecule has 4 heteroatoms.